The van der Waals surface area contributed by atoms with Crippen LogP contribution < -0.4 is 10.3 Å². The molecule has 3 heterocycles. The molecule has 0 unspecified atom stereocenters. The molecule has 0 aliphatic carbocycles. The van der Waals surface area contributed by atoms with Crippen molar-refractivity contribution >= 4 is 16.7 Å². The van der Waals surface area contributed by atoms with Gasteiger partial charge in [0.15, 0.2) is 0 Å². The fraction of sp³-hybridized carbons (Fsp3) is 0.176. The molecule has 0 atom stereocenters. The maximum Gasteiger partial charge on any atom is 0.261 e. The molecule has 0 amide bonds. The van der Waals surface area contributed by atoms with E-state index in [1.165, 1.54) is 4.57 Å². The van der Waals surface area contributed by atoms with Crippen molar-refractivity contribution in [2.45, 2.75) is 6.92 Å². The summed E-state index contributed by atoms with van der Waals surface area (Å²) in [5, 5.41) is 4.93. The van der Waals surface area contributed by atoms with Gasteiger partial charge in [0.2, 0.25) is 0 Å². The Labute approximate surface area is 137 Å². The highest BCUT2D eigenvalue weighted by atomic mass is 16.5. The summed E-state index contributed by atoms with van der Waals surface area (Å²) in [5.74, 6) is 1.82. The summed E-state index contributed by atoms with van der Waals surface area (Å²) in [6.45, 7) is 1.80. The summed E-state index contributed by atoms with van der Waals surface area (Å²) < 4.78 is 8.37. The Morgan fingerprint density at radius 3 is 2.54 bits per heavy atom. The van der Waals surface area contributed by atoms with Gasteiger partial charge < -0.3 is 9.30 Å². The van der Waals surface area contributed by atoms with E-state index in [9.17, 15) is 4.79 Å². The quantitative estimate of drug-likeness (QED) is 0.564. The van der Waals surface area contributed by atoms with E-state index in [0.29, 0.717) is 28.2 Å². The molecule has 120 valence electrons. The standard InChI is InChI=1S/C17H15N5O2/c1-10-18-17-19-13-8-9-21(2)16(23)14(13)15(22(17)20-10)11-4-6-12(24-3)7-5-11/h4-9H,1-3H3. The van der Waals surface area contributed by atoms with Crippen molar-refractivity contribution < 1.29 is 4.74 Å². The Hall–Kier alpha value is -3.22. The third-order valence-electron chi connectivity index (χ3n) is 3.97. The number of ether oxygens (including phenoxy) is 1. The molecule has 24 heavy (non-hydrogen) atoms. The highest BCUT2D eigenvalue weighted by Gasteiger charge is 2.17. The summed E-state index contributed by atoms with van der Waals surface area (Å²) in [4.78, 5) is 21.5. The molecule has 4 aromatic rings. The lowest BCUT2D eigenvalue weighted by Crippen LogP contribution is -2.18. The lowest BCUT2D eigenvalue weighted by atomic mass is 10.1. The van der Waals surface area contributed by atoms with Crippen LogP contribution in [0.4, 0.5) is 0 Å². The van der Waals surface area contributed by atoms with Crippen LogP contribution in [0.25, 0.3) is 27.9 Å². The molecule has 0 spiro atoms. The van der Waals surface area contributed by atoms with Crippen LogP contribution in [0.2, 0.25) is 0 Å². The van der Waals surface area contributed by atoms with Crippen LogP contribution in [-0.4, -0.2) is 31.3 Å². The van der Waals surface area contributed by atoms with Crippen molar-refractivity contribution in [3.63, 3.8) is 0 Å². The van der Waals surface area contributed by atoms with E-state index < -0.39 is 0 Å². The smallest absolute Gasteiger partial charge is 0.261 e. The van der Waals surface area contributed by atoms with Gasteiger partial charge in [-0.05, 0) is 37.3 Å². The van der Waals surface area contributed by atoms with Crippen LogP contribution in [0.15, 0.2) is 41.3 Å². The topological polar surface area (TPSA) is 74.3 Å². The molecule has 1 aromatic carbocycles. The number of aryl methyl sites for hydroxylation is 2. The summed E-state index contributed by atoms with van der Waals surface area (Å²) in [6, 6.07) is 9.32. The molecular weight excluding hydrogens is 306 g/mol. The number of aromatic nitrogens is 5. The number of hydrogen-bond donors (Lipinski definition) is 0. The van der Waals surface area contributed by atoms with E-state index in [-0.39, 0.29) is 5.56 Å². The zero-order chi connectivity index (χ0) is 16.8. The van der Waals surface area contributed by atoms with Crippen molar-refractivity contribution in [1.82, 2.24) is 24.1 Å². The molecule has 0 fully saturated rings. The minimum Gasteiger partial charge on any atom is -0.497 e. The number of pyridine rings is 1. The molecule has 0 saturated heterocycles. The predicted molar refractivity (Wildman–Crippen MR) is 90.3 cm³/mol. The molecule has 0 bridgehead atoms. The van der Waals surface area contributed by atoms with Crippen molar-refractivity contribution in [1.29, 1.82) is 0 Å². The molecule has 4 rings (SSSR count). The van der Waals surface area contributed by atoms with E-state index in [2.05, 4.69) is 15.1 Å². The highest BCUT2D eigenvalue weighted by Crippen LogP contribution is 2.27. The molecule has 0 aliphatic heterocycles. The van der Waals surface area contributed by atoms with Gasteiger partial charge in [-0.1, -0.05) is 0 Å². The fourth-order valence-electron chi connectivity index (χ4n) is 2.79. The first-order valence-corrected chi connectivity index (χ1v) is 7.45. The van der Waals surface area contributed by atoms with Gasteiger partial charge in [-0.25, -0.2) is 4.98 Å². The van der Waals surface area contributed by atoms with E-state index in [4.69, 9.17) is 4.74 Å². The van der Waals surface area contributed by atoms with Gasteiger partial charge in [0.25, 0.3) is 11.3 Å². The average molecular weight is 321 g/mol. The first kappa shape index (κ1) is 14.4. The minimum atomic E-state index is -0.124. The summed E-state index contributed by atoms with van der Waals surface area (Å²) >= 11 is 0. The molecule has 0 radical (unpaired) electrons. The van der Waals surface area contributed by atoms with Crippen molar-refractivity contribution in [3.8, 4) is 17.0 Å². The van der Waals surface area contributed by atoms with Crippen molar-refractivity contribution in [2.75, 3.05) is 7.11 Å². The number of methoxy groups -OCH3 is 1. The molecule has 0 saturated carbocycles. The van der Waals surface area contributed by atoms with E-state index in [0.717, 1.165) is 11.3 Å². The van der Waals surface area contributed by atoms with Crippen molar-refractivity contribution in [3.05, 3.63) is 52.7 Å². The zero-order valence-corrected chi connectivity index (χ0v) is 13.5. The number of rotatable bonds is 2. The second-order valence-corrected chi connectivity index (χ2v) is 5.55. The Balaban J connectivity index is 2.19. The minimum absolute atomic E-state index is 0.124. The highest BCUT2D eigenvalue weighted by molar-refractivity contribution is 5.93. The molecule has 0 aliphatic rings. The normalized spacial score (nSPS) is 11.3. The molecule has 7 heteroatoms. The monoisotopic (exact) mass is 321 g/mol. The molecule has 7 nitrogen and oxygen atoms in total. The first-order valence-electron chi connectivity index (χ1n) is 7.45. The summed E-state index contributed by atoms with van der Waals surface area (Å²) in [6.07, 6.45) is 1.70. The van der Waals surface area contributed by atoms with Crippen LogP contribution in [-0.2, 0) is 7.05 Å². The van der Waals surface area contributed by atoms with Crippen LogP contribution in [0, 0.1) is 6.92 Å². The number of hydrogen-bond acceptors (Lipinski definition) is 5. The molecule has 0 N–H and O–H groups in total. The Bertz CT molecular complexity index is 1130. The third-order valence-corrected chi connectivity index (χ3v) is 3.97. The lowest BCUT2D eigenvalue weighted by molar-refractivity contribution is 0.415. The second-order valence-electron chi connectivity index (χ2n) is 5.55. The maximum atomic E-state index is 12.7. The second kappa shape index (κ2) is 5.16. The largest absolute Gasteiger partial charge is 0.497 e. The average Bonchev–Trinajstić information content (AvgIpc) is 2.96. The van der Waals surface area contributed by atoms with Gasteiger partial charge in [-0.3, -0.25) is 4.79 Å². The number of fused-ring (bicyclic) bond motifs is 2. The Kier molecular flexibility index (Phi) is 3.09. The van der Waals surface area contributed by atoms with Gasteiger partial charge >= 0.3 is 0 Å². The number of nitrogens with zero attached hydrogens (tertiary/aromatic N) is 5. The SMILES string of the molecule is COc1ccc(-c2c3c(=O)n(C)ccc3nc3nc(C)nn23)cc1. The van der Waals surface area contributed by atoms with E-state index >= 15 is 0 Å². The fourth-order valence-corrected chi connectivity index (χ4v) is 2.79. The van der Waals surface area contributed by atoms with E-state index in [1.807, 2.05) is 30.3 Å². The maximum absolute atomic E-state index is 12.7. The van der Waals surface area contributed by atoms with Gasteiger partial charge in [0, 0.05) is 18.8 Å². The van der Waals surface area contributed by atoms with Crippen LogP contribution in [0.5, 0.6) is 5.75 Å². The van der Waals surface area contributed by atoms with Gasteiger partial charge in [-0.2, -0.15) is 9.50 Å². The Morgan fingerprint density at radius 2 is 1.83 bits per heavy atom. The zero-order valence-electron chi connectivity index (χ0n) is 13.5. The van der Waals surface area contributed by atoms with Crippen molar-refractivity contribution in [2.24, 2.45) is 7.05 Å². The third kappa shape index (κ3) is 2.05. The van der Waals surface area contributed by atoms with Crippen LogP contribution in [0.1, 0.15) is 5.82 Å². The van der Waals surface area contributed by atoms with E-state index in [1.54, 1.807) is 31.8 Å². The summed E-state index contributed by atoms with van der Waals surface area (Å²) in [7, 11) is 3.34. The summed E-state index contributed by atoms with van der Waals surface area (Å²) in [5.41, 5.74) is 2.01. The van der Waals surface area contributed by atoms with Gasteiger partial charge in [-0.15, -0.1) is 5.10 Å². The lowest BCUT2D eigenvalue weighted by Gasteiger charge is -2.10. The molecule has 3 aromatic heterocycles. The predicted octanol–water partition coefficient (Wildman–Crippen LogP) is 1.96. The first-order chi connectivity index (χ1) is 11.6. The Morgan fingerprint density at radius 1 is 1.08 bits per heavy atom. The molecular formula is C17H15N5O2. The van der Waals surface area contributed by atoms with Gasteiger partial charge in [0.1, 0.15) is 11.6 Å². The number of benzene rings is 1. The van der Waals surface area contributed by atoms with Crippen LogP contribution in [0.3, 0.4) is 0 Å². The van der Waals surface area contributed by atoms with Gasteiger partial charge in [0.05, 0.1) is 23.7 Å². The van der Waals surface area contributed by atoms with Crippen LogP contribution >= 0.6 is 0 Å².